The Bertz CT molecular complexity index is 428. The van der Waals surface area contributed by atoms with Crippen LogP contribution in [0.1, 0.15) is 0 Å². The fourth-order valence-corrected chi connectivity index (χ4v) is 1.34. The first kappa shape index (κ1) is 7.49. The molecule has 0 aliphatic rings. The maximum absolute atomic E-state index is 5.79. The van der Waals surface area contributed by atoms with Crippen LogP contribution in [-0.4, -0.2) is 9.97 Å². The summed E-state index contributed by atoms with van der Waals surface area (Å²) in [5.41, 5.74) is 7.16. The second-order valence-corrected chi connectivity index (χ2v) is 3.25. The summed E-state index contributed by atoms with van der Waals surface area (Å²) in [6.07, 6.45) is 3.35. The van der Waals surface area contributed by atoms with Crippen LogP contribution in [-0.2, 0) is 0 Å². The highest BCUT2D eigenvalue weighted by Gasteiger charge is 2.02. The highest BCUT2D eigenvalue weighted by Crippen LogP contribution is 2.24. The van der Waals surface area contributed by atoms with Crippen molar-refractivity contribution in [1.29, 1.82) is 0 Å². The summed E-state index contributed by atoms with van der Waals surface area (Å²) in [6.45, 7) is 0. The SMILES string of the molecule is Nc1c(Br)cnc2ncccc12. The number of pyridine rings is 2. The molecule has 0 aliphatic heterocycles. The van der Waals surface area contributed by atoms with E-state index in [1.807, 2.05) is 12.1 Å². The van der Waals surface area contributed by atoms with Gasteiger partial charge in [0, 0.05) is 17.8 Å². The lowest BCUT2D eigenvalue weighted by molar-refractivity contribution is 1.28. The third-order valence-corrected chi connectivity index (χ3v) is 2.27. The molecular formula is C8H6BrN3. The van der Waals surface area contributed by atoms with E-state index in [2.05, 4.69) is 25.9 Å². The van der Waals surface area contributed by atoms with E-state index in [0.29, 0.717) is 11.3 Å². The summed E-state index contributed by atoms with van der Waals surface area (Å²) in [7, 11) is 0. The van der Waals surface area contributed by atoms with E-state index in [1.165, 1.54) is 0 Å². The van der Waals surface area contributed by atoms with Crippen LogP contribution in [0.15, 0.2) is 29.0 Å². The number of nitrogens with two attached hydrogens (primary N) is 1. The topological polar surface area (TPSA) is 51.8 Å². The highest BCUT2D eigenvalue weighted by molar-refractivity contribution is 9.10. The second kappa shape index (κ2) is 2.71. The second-order valence-electron chi connectivity index (χ2n) is 2.39. The zero-order chi connectivity index (χ0) is 8.55. The number of anilines is 1. The summed E-state index contributed by atoms with van der Waals surface area (Å²) >= 11 is 3.30. The van der Waals surface area contributed by atoms with Crippen molar-refractivity contribution in [3.8, 4) is 0 Å². The molecule has 3 nitrogen and oxygen atoms in total. The van der Waals surface area contributed by atoms with Crippen molar-refractivity contribution in [1.82, 2.24) is 9.97 Å². The normalized spacial score (nSPS) is 10.4. The van der Waals surface area contributed by atoms with Crippen LogP contribution in [0.3, 0.4) is 0 Å². The molecule has 0 spiro atoms. The maximum atomic E-state index is 5.79. The minimum absolute atomic E-state index is 0.679. The minimum Gasteiger partial charge on any atom is -0.397 e. The molecule has 0 fully saturated rings. The first-order valence-corrected chi connectivity index (χ1v) is 4.23. The van der Waals surface area contributed by atoms with Crippen molar-refractivity contribution < 1.29 is 0 Å². The number of nitrogen functional groups attached to an aromatic ring is 1. The smallest absolute Gasteiger partial charge is 0.161 e. The zero-order valence-electron chi connectivity index (χ0n) is 6.16. The average Bonchev–Trinajstić information content (AvgIpc) is 2.12. The molecule has 0 saturated heterocycles. The molecule has 60 valence electrons. The minimum atomic E-state index is 0.679. The van der Waals surface area contributed by atoms with E-state index in [4.69, 9.17) is 5.73 Å². The fourth-order valence-electron chi connectivity index (χ4n) is 1.03. The number of rotatable bonds is 0. The Morgan fingerprint density at radius 1 is 1.33 bits per heavy atom. The lowest BCUT2D eigenvalue weighted by atomic mass is 10.2. The largest absolute Gasteiger partial charge is 0.397 e. The molecule has 0 aliphatic carbocycles. The number of halogens is 1. The molecule has 0 atom stereocenters. The first-order valence-electron chi connectivity index (χ1n) is 3.44. The summed E-state index contributed by atoms with van der Waals surface area (Å²) in [6, 6.07) is 3.74. The molecular weight excluding hydrogens is 218 g/mol. The molecule has 0 bridgehead atoms. The van der Waals surface area contributed by atoms with Gasteiger partial charge in [0.05, 0.1) is 10.2 Å². The van der Waals surface area contributed by atoms with Crippen LogP contribution in [0.2, 0.25) is 0 Å². The summed E-state index contributed by atoms with van der Waals surface area (Å²) in [5.74, 6) is 0. The van der Waals surface area contributed by atoms with E-state index in [0.717, 1.165) is 9.86 Å². The predicted octanol–water partition coefficient (Wildman–Crippen LogP) is 1.97. The van der Waals surface area contributed by atoms with Gasteiger partial charge in [-0.3, -0.25) is 0 Å². The third-order valence-electron chi connectivity index (χ3n) is 1.63. The number of fused-ring (bicyclic) bond motifs is 1. The van der Waals surface area contributed by atoms with E-state index in [-0.39, 0.29) is 0 Å². The molecule has 2 aromatic heterocycles. The highest BCUT2D eigenvalue weighted by atomic mass is 79.9. The van der Waals surface area contributed by atoms with Crippen LogP contribution >= 0.6 is 15.9 Å². The van der Waals surface area contributed by atoms with E-state index >= 15 is 0 Å². The molecule has 0 saturated carbocycles. The van der Waals surface area contributed by atoms with Crippen molar-refractivity contribution in [2.45, 2.75) is 0 Å². The van der Waals surface area contributed by atoms with Gasteiger partial charge >= 0.3 is 0 Å². The van der Waals surface area contributed by atoms with Gasteiger partial charge in [0.2, 0.25) is 0 Å². The van der Waals surface area contributed by atoms with Crippen LogP contribution in [0.4, 0.5) is 5.69 Å². The van der Waals surface area contributed by atoms with Gasteiger partial charge in [0.15, 0.2) is 5.65 Å². The van der Waals surface area contributed by atoms with Gasteiger partial charge in [0.25, 0.3) is 0 Å². The van der Waals surface area contributed by atoms with Gasteiger partial charge in [-0.25, -0.2) is 9.97 Å². The molecule has 2 heterocycles. The van der Waals surface area contributed by atoms with Gasteiger partial charge in [-0.15, -0.1) is 0 Å². The van der Waals surface area contributed by atoms with Crippen molar-refractivity contribution in [2.24, 2.45) is 0 Å². The molecule has 0 radical (unpaired) electrons. The number of hydrogen-bond acceptors (Lipinski definition) is 3. The van der Waals surface area contributed by atoms with Gasteiger partial charge in [-0.2, -0.15) is 0 Å². The molecule has 0 amide bonds. The fraction of sp³-hybridized carbons (Fsp3) is 0. The lowest BCUT2D eigenvalue weighted by Crippen LogP contribution is -1.91. The molecule has 0 aromatic carbocycles. The average molecular weight is 224 g/mol. The standard InChI is InChI=1S/C8H6BrN3/c9-6-4-12-8-5(7(6)10)2-1-3-11-8/h1-4H,(H2,10,11,12). The van der Waals surface area contributed by atoms with Crippen LogP contribution in [0, 0.1) is 0 Å². The quantitative estimate of drug-likeness (QED) is 0.744. The van der Waals surface area contributed by atoms with Gasteiger partial charge in [-0.05, 0) is 28.1 Å². The number of nitrogens with zero attached hydrogens (tertiary/aromatic N) is 2. The Balaban J connectivity index is 2.91. The lowest BCUT2D eigenvalue weighted by Gasteiger charge is -2.00. The molecule has 12 heavy (non-hydrogen) atoms. The Morgan fingerprint density at radius 2 is 2.17 bits per heavy atom. The zero-order valence-corrected chi connectivity index (χ0v) is 7.75. The van der Waals surface area contributed by atoms with Gasteiger partial charge in [-0.1, -0.05) is 0 Å². The summed E-state index contributed by atoms with van der Waals surface area (Å²) < 4.78 is 0.808. The maximum Gasteiger partial charge on any atom is 0.161 e. The van der Waals surface area contributed by atoms with E-state index in [9.17, 15) is 0 Å². The Kier molecular flexibility index (Phi) is 1.69. The van der Waals surface area contributed by atoms with Crippen molar-refractivity contribution in [2.75, 3.05) is 5.73 Å². The van der Waals surface area contributed by atoms with Crippen LogP contribution in [0.25, 0.3) is 11.0 Å². The van der Waals surface area contributed by atoms with Crippen LogP contribution < -0.4 is 5.73 Å². The Hall–Kier alpha value is -1.16. The van der Waals surface area contributed by atoms with Crippen molar-refractivity contribution >= 4 is 32.7 Å². The Morgan fingerprint density at radius 3 is 3.00 bits per heavy atom. The first-order chi connectivity index (χ1) is 5.79. The van der Waals surface area contributed by atoms with Crippen LogP contribution in [0.5, 0.6) is 0 Å². The number of aromatic nitrogens is 2. The monoisotopic (exact) mass is 223 g/mol. The molecule has 4 heteroatoms. The predicted molar refractivity (Wildman–Crippen MR) is 51.7 cm³/mol. The summed E-state index contributed by atoms with van der Waals surface area (Å²) in [4.78, 5) is 8.17. The van der Waals surface area contributed by atoms with Crippen molar-refractivity contribution in [3.05, 3.63) is 29.0 Å². The number of hydrogen-bond donors (Lipinski definition) is 1. The third kappa shape index (κ3) is 1.04. The molecule has 2 aromatic rings. The van der Waals surface area contributed by atoms with Crippen molar-refractivity contribution in [3.63, 3.8) is 0 Å². The molecule has 0 unspecified atom stereocenters. The summed E-state index contributed by atoms with van der Waals surface area (Å²) in [5, 5.41) is 0.881. The van der Waals surface area contributed by atoms with E-state index < -0.39 is 0 Å². The van der Waals surface area contributed by atoms with E-state index in [1.54, 1.807) is 12.4 Å². The van der Waals surface area contributed by atoms with Gasteiger partial charge in [0.1, 0.15) is 0 Å². The Labute approximate surface area is 77.8 Å². The van der Waals surface area contributed by atoms with Gasteiger partial charge < -0.3 is 5.73 Å². The molecule has 2 rings (SSSR count). The molecule has 2 N–H and O–H groups in total.